The number of aromatic nitrogens is 1. The van der Waals surface area contributed by atoms with E-state index in [9.17, 15) is 24.3 Å². The van der Waals surface area contributed by atoms with Gasteiger partial charge in [-0.3, -0.25) is 14.4 Å². The molecule has 3 heterocycles. The van der Waals surface area contributed by atoms with Gasteiger partial charge in [-0.1, -0.05) is 80.1 Å². The molecule has 0 spiro atoms. The number of hydrogen-bond donors (Lipinski definition) is 2. The van der Waals surface area contributed by atoms with Crippen LogP contribution in [0.3, 0.4) is 0 Å². The van der Waals surface area contributed by atoms with E-state index in [-0.39, 0.29) is 62.5 Å². The number of unbranched alkanes of at least 4 members (excludes halogenated alkanes) is 1. The van der Waals surface area contributed by atoms with E-state index in [1.165, 1.54) is 0 Å². The number of benzene rings is 3. The van der Waals surface area contributed by atoms with E-state index in [0.717, 1.165) is 40.4 Å². The zero-order valence-corrected chi connectivity index (χ0v) is 28.6. The lowest BCUT2D eigenvalue weighted by Gasteiger charge is -2.55. The average molecular weight is 677 g/mol. The van der Waals surface area contributed by atoms with Crippen LogP contribution in [0, 0.1) is 0 Å². The maximum atomic E-state index is 14.5. The van der Waals surface area contributed by atoms with E-state index in [1.54, 1.807) is 50.2 Å². The Morgan fingerprint density at radius 1 is 1.00 bits per heavy atom. The number of hydrazine groups is 1. The Morgan fingerprint density at radius 2 is 1.76 bits per heavy atom. The first kappa shape index (κ1) is 34.4. The number of phenols is 1. The number of piperazine rings is 1. The molecule has 3 aromatic carbocycles. The quantitative estimate of drug-likeness (QED) is 0.161. The first-order valence-corrected chi connectivity index (χ1v) is 17.1. The van der Waals surface area contributed by atoms with Crippen LogP contribution in [-0.2, 0) is 36.1 Å². The number of para-hydroxylation sites is 1. The van der Waals surface area contributed by atoms with Gasteiger partial charge in [0, 0.05) is 56.7 Å². The standard InChI is InChI=1S/C39H44N6O5/c1-4-6-15-34(47)32-24-41(3)37-29(13-10-14-31(32)37)23-42-25-35-44(33(38(42)49)21-27-16-18-30(46)19-17-27)36(48)26-43(20-5-2)45(35)39(50)40-22-28-11-8-7-9-12-28/h5,7-14,16-19,24,33,35,46H,2,4,6,15,20-23,25-26H2,1,3H3,(H,40,50)/t33-,35-/m0/s1. The molecule has 2 fully saturated rings. The number of amides is 4. The van der Waals surface area contributed by atoms with Gasteiger partial charge in [0.1, 0.15) is 18.0 Å². The molecule has 260 valence electrons. The fourth-order valence-corrected chi connectivity index (χ4v) is 7.13. The van der Waals surface area contributed by atoms with Crippen LogP contribution in [0.5, 0.6) is 5.75 Å². The second-order valence-electron chi connectivity index (χ2n) is 13.0. The summed E-state index contributed by atoms with van der Waals surface area (Å²) in [6.45, 7) is 6.65. The SMILES string of the molecule is C=CCN1CC(=O)N2[C@@H](Cc3ccc(O)cc3)C(=O)N(Cc3cccc4c(C(=O)CCCC)cn(C)c34)C[C@@H]2N1C(=O)NCc1ccccc1. The van der Waals surface area contributed by atoms with Crippen LogP contribution < -0.4 is 5.32 Å². The highest BCUT2D eigenvalue weighted by molar-refractivity contribution is 6.08. The Bertz CT molecular complexity index is 1890. The minimum Gasteiger partial charge on any atom is -0.508 e. The lowest BCUT2D eigenvalue weighted by molar-refractivity contribution is -0.189. The van der Waals surface area contributed by atoms with Gasteiger partial charge in [0.15, 0.2) is 5.78 Å². The molecule has 50 heavy (non-hydrogen) atoms. The Balaban J connectivity index is 1.38. The topological polar surface area (TPSA) is 118 Å². The predicted octanol–water partition coefficient (Wildman–Crippen LogP) is 4.99. The summed E-state index contributed by atoms with van der Waals surface area (Å²) in [5, 5.41) is 17.0. The van der Waals surface area contributed by atoms with Crippen LogP contribution >= 0.6 is 0 Å². The summed E-state index contributed by atoms with van der Waals surface area (Å²) in [6, 6.07) is 20.7. The molecule has 2 atom stereocenters. The Hall–Kier alpha value is -5.42. The van der Waals surface area contributed by atoms with E-state index >= 15 is 0 Å². The number of phenolic OH excluding ortho intramolecular Hbond substituents is 1. The molecule has 2 aliphatic heterocycles. The third-order valence-electron chi connectivity index (χ3n) is 9.53. The van der Waals surface area contributed by atoms with Crippen molar-refractivity contribution in [2.75, 3.05) is 19.6 Å². The number of hydrogen-bond acceptors (Lipinski definition) is 6. The first-order valence-electron chi connectivity index (χ1n) is 17.1. The van der Waals surface area contributed by atoms with Crippen LogP contribution in [-0.4, -0.2) is 85.0 Å². The highest BCUT2D eigenvalue weighted by atomic mass is 16.3. The van der Waals surface area contributed by atoms with Crippen LogP contribution in [0.2, 0.25) is 0 Å². The molecule has 6 rings (SSSR count). The largest absolute Gasteiger partial charge is 0.508 e. The minimum atomic E-state index is -0.903. The second kappa shape index (κ2) is 15.0. The zero-order chi connectivity index (χ0) is 35.4. The molecule has 2 aliphatic rings. The van der Waals surface area contributed by atoms with Gasteiger partial charge in [-0.2, -0.15) is 0 Å². The van der Waals surface area contributed by atoms with Crippen molar-refractivity contribution in [3.05, 3.63) is 114 Å². The number of nitrogens with one attached hydrogen (secondary N) is 1. The molecule has 11 heteroatoms. The van der Waals surface area contributed by atoms with E-state index in [0.29, 0.717) is 12.0 Å². The molecule has 2 N–H and O–H groups in total. The Labute approximate surface area is 292 Å². The third kappa shape index (κ3) is 7.00. The number of fused-ring (bicyclic) bond motifs is 2. The first-order chi connectivity index (χ1) is 24.2. The predicted molar refractivity (Wildman–Crippen MR) is 191 cm³/mol. The Kier molecular flexibility index (Phi) is 10.3. The molecular weight excluding hydrogens is 632 g/mol. The third-order valence-corrected chi connectivity index (χ3v) is 9.53. The highest BCUT2D eigenvalue weighted by Crippen LogP contribution is 2.32. The second-order valence-corrected chi connectivity index (χ2v) is 13.0. The number of rotatable bonds is 12. The van der Waals surface area contributed by atoms with Crippen LogP contribution in [0.25, 0.3) is 10.9 Å². The van der Waals surface area contributed by atoms with E-state index in [2.05, 4.69) is 18.8 Å². The summed E-state index contributed by atoms with van der Waals surface area (Å²) >= 11 is 0. The molecule has 4 amide bonds. The smallest absolute Gasteiger partial charge is 0.334 e. The van der Waals surface area contributed by atoms with Crippen molar-refractivity contribution in [3.63, 3.8) is 0 Å². The summed E-state index contributed by atoms with van der Waals surface area (Å²) in [5.41, 5.74) is 4.08. The molecule has 0 aliphatic carbocycles. The Morgan fingerprint density at radius 3 is 2.48 bits per heavy atom. The number of Topliss-reactive ketones (excluding diaryl/α,β-unsaturated/α-hetero) is 1. The normalized spacial score (nSPS) is 18.0. The molecule has 0 bridgehead atoms. The molecule has 0 saturated carbocycles. The van der Waals surface area contributed by atoms with Crippen molar-refractivity contribution in [1.82, 2.24) is 29.7 Å². The number of aryl methyl sites for hydroxylation is 1. The zero-order valence-electron chi connectivity index (χ0n) is 28.6. The number of ketones is 1. The van der Waals surface area contributed by atoms with Gasteiger partial charge in [0.05, 0.1) is 18.6 Å². The lowest BCUT2D eigenvalue weighted by atomic mass is 9.97. The van der Waals surface area contributed by atoms with Crippen molar-refractivity contribution in [1.29, 1.82) is 0 Å². The van der Waals surface area contributed by atoms with Crippen molar-refractivity contribution in [2.24, 2.45) is 7.05 Å². The van der Waals surface area contributed by atoms with Gasteiger partial charge < -0.3 is 24.8 Å². The maximum Gasteiger partial charge on any atom is 0.334 e. The minimum absolute atomic E-state index is 0.0755. The molecule has 4 aromatic rings. The van der Waals surface area contributed by atoms with E-state index in [4.69, 9.17) is 0 Å². The highest BCUT2D eigenvalue weighted by Gasteiger charge is 2.51. The van der Waals surface area contributed by atoms with Gasteiger partial charge in [-0.15, -0.1) is 6.58 Å². The summed E-state index contributed by atoms with van der Waals surface area (Å²) < 4.78 is 1.94. The summed E-state index contributed by atoms with van der Waals surface area (Å²) in [4.78, 5) is 58.9. The van der Waals surface area contributed by atoms with Crippen LogP contribution in [0.15, 0.2) is 91.6 Å². The monoisotopic (exact) mass is 676 g/mol. The summed E-state index contributed by atoms with van der Waals surface area (Å²) in [7, 11) is 1.90. The van der Waals surface area contributed by atoms with Crippen molar-refractivity contribution in [2.45, 2.75) is 57.9 Å². The fraction of sp³-hybridized carbons (Fsp3) is 0.333. The van der Waals surface area contributed by atoms with Crippen molar-refractivity contribution < 1.29 is 24.3 Å². The summed E-state index contributed by atoms with van der Waals surface area (Å²) in [6.07, 6.45) is 5.12. The van der Waals surface area contributed by atoms with Crippen molar-refractivity contribution in [3.8, 4) is 5.75 Å². The average Bonchev–Trinajstić information content (AvgIpc) is 3.46. The van der Waals surface area contributed by atoms with Gasteiger partial charge >= 0.3 is 6.03 Å². The maximum absolute atomic E-state index is 14.5. The molecular formula is C39H44N6O5. The number of carbonyl (C=O) groups excluding carboxylic acids is 4. The van der Waals surface area contributed by atoms with E-state index < -0.39 is 18.2 Å². The molecule has 11 nitrogen and oxygen atoms in total. The van der Waals surface area contributed by atoms with Gasteiger partial charge in [0.25, 0.3) is 0 Å². The number of aromatic hydroxyl groups is 1. The molecule has 0 radical (unpaired) electrons. The van der Waals surface area contributed by atoms with Crippen LogP contribution in [0.4, 0.5) is 4.79 Å². The van der Waals surface area contributed by atoms with Gasteiger partial charge in [-0.25, -0.2) is 14.8 Å². The summed E-state index contributed by atoms with van der Waals surface area (Å²) in [5.74, 6) is -0.314. The fourth-order valence-electron chi connectivity index (χ4n) is 7.13. The number of carbonyl (C=O) groups is 4. The molecule has 1 aromatic heterocycles. The van der Waals surface area contributed by atoms with Crippen LogP contribution in [0.1, 0.15) is 53.2 Å². The number of nitrogens with zero attached hydrogens (tertiary/aromatic N) is 5. The number of urea groups is 1. The van der Waals surface area contributed by atoms with E-state index in [1.807, 2.05) is 66.3 Å². The van der Waals surface area contributed by atoms with Crippen molar-refractivity contribution >= 4 is 34.5 Å². The molecule has 0 unspecified atom stereocenters. The lowest BCUT2D eigenvalue weighted by Crippen LogP contribution is -2.76. The van der Waals surface area contributed by atoms with Gasteiger partial charge in [-0.05, 0) is 35.2 Å². The van der Waals surface area contributed by atoms with Gasteiger partial charge in [0.2, 0.25) is 11.8 Å². The molecule has 2 saturated heterocycles.